The fraction of sp³-hybridized carbons (Fsp3) is 0.476. The summed E-state index contributed by atoms with van der Waals surface area (Å²) in [5, 5.41) is 13.5. The number of nitrogens with zero attached hydrogens (tertiary/aromatic N) is 4. The lowest BCUT2D eigenvalue weighted by atomic mass is 10.0. The van der Waals surface area contributed by atoms with Gasteiger partial charge >= 0.3 is 0 Å². The second-order valence-corrected chi connectivity index (χ2v) is 7.52. The molecule has 0 aliphatic carbocycles. The number of aryl methyl sites for hydroxylation is 1. The zero-order chi connectivity index (χ0) is 19.5. The van der Waals surface area contributed by atoms with Crippen molar-refractivity contribution < 1.29 is 9.90 Å². The molecule has 1 aromatic heterocycles. The number of carbonyl (C=O) groups is 1. The van der Waals surface area contributed by atoms with Gasteiger partial charge in [0.25, 0.3) is 0 Å². The van der Waals surface area contributed by atoms with Crippen LogP contribution in [0.4, 0.5) is 5.82 Å². The van der Waals surface area contributed by atoms with Crippen molar-refractivity contribution in [3.63, 3.8) is 0 Å². The van der Waals surface area contributed by atoms with E-state index in [1.54, 1.807) is 12.1 Å². The second-order valence-electron chi connectivity index (χ2n) is 7.52. The number of phenolic OH excluding ortho intramolecular Hbond substituents is 1. The van der Waals surface area contributed by atoms with Crippen LogP contribution in [0.3, 0.4) is 0 Å². The molecule has 0 unspecified atom stereocenters. The highest BCUT2D eigenvalue weighted by molar-refractivity contribution is 5.82. The highest BCUT2D eigenvalue weighted by Gasteiger charge is 2.28. The molecule has 28 heavy (non-hydrogen) atoms. The molecule has 1 amide bonds. The third-order valence-electron chi connectivity index (χ3n) is 5.51. The Bertz CT molecular complexity index is 842. The third kappa shape index (κ3) is 3.94. The number of aromatic nitrogens is 2. The Balaban J connectivity index is 1.46. The van der Waals surface area contributed by atoms with Crippen molar-refractivity contribution in [1.29, 1.82) is 0 Å². The van der Waals surface area contributed by atoms with Crippen molar-refractivity contribution in [1.82, 2.24) is 20.2 Å². The van der Waals surface area contributed by atoms with Crippen molar-refractivity contribution in [2.45, 2.75) is 32.2 Å². The summed E-state index contributed by atoms with van der Waals surface area (Å²) >= 11 is 0. The first kappa shape index (κ1) is 18.7. The van der Waals surface area contributed by atoms with Gasteiger partial charge < -0.3 is 20.2 Å². The number of para-hydroxylation sites is 1. The Morgan fingerprint density at radius 2 is 1.93 bits per heavy atom. The molecule has 148 valence electrons. The van der Waals surface area contributed by atoms with Gasteiger partial charge in [0.15, 0.2) is 5.82 Å². The summed E-state index contributed by atoms with van der Waals surface area (Å²) in [6, 6.07) is 9.06. The van der Waals surface area contributed by atoms with Crippen molar-refractivity contribution >= 4 is 11.7 Å². The molecule has 0 spiro atoms. The largest absolute Gasteiger partial charge is 0.507 e. The minimum atomic E-state index is -0.0192. The number of rotatable bonds is 3. The maximum absolute atomic E-state index is 12.7. The van der Waals surface area contributed by atoms with Crippen LogP contribution in [0.5, 0.6) is 5.75 Å². The fourth-order valence-corrected chi connectivity index (χ4v) is 3.94. The number of carbonyl (C=O) groups excluding carboxylic acids is 1. The van der Waals surface area contributed by atoms with Gasteiger partial charge in [0, 0.05) is 37.9 Å². The predicted molar refractivity (Wildman–Crippen MR) is 108 cm³/mol. The van der Waals surface area contributed by atoms with E-state index >= 15 is 0 Å². The molecule has 0 bridgehead atoms. The van der Waals surface area contributed by atoms with Gasteiger partial charge in [-0.15, -0.1) is 0 Å². The zero-order valence-corrected chi connectivity index (χ0v) is 16.3. The summed E-state index contributed by atoms with van der Waals surface area (Å²) in [5.74, 6) is 1.77. The number of piperazine rings is 1. The van der Waals surface area contributed by atoms with Crippen molar-refractivity contribution in [2.24, 2.45) is 0 Å². The van der Waals surface area contributed by atoms with Crippen LogP contribution >= 0.6 is 0 Å². The summed E-state index contributed by atoms with van der Waals surface area (Å²) < 4.78 is 0. The van der Waals surface area contributed by atoms with E-state index in [4.69, 9.17) is 0 Å². The molecule has 2 aromatic rings. The summed E-state index contributed by atoms with van der Waals surface area (Å²) in [6.07, 6.45) is 3.22. The number of piperidine rings is 1. The zero-order valence-electron chi connectivity index (χ0n) is 16.3. The molecule has 1 aromatic carbocycles. The fourth-order valence-electron chi connectivity index (χ4n) is 3.94. The Morgan fingerprint density at radius 3 is 2.64 bits per heavy atom. The molecule has 4 rings (SSSR count). The summed E-state index contributed by atoms with van der Waals surface area (Å²) in [5.41, 5.74) is 1.48. The molecule has 2 fully saturated rings. The first-order valence-electron chi connectivity index (χ1n) is 10.0. The number of amides is 1. The molecule has 2 aliphatic heterocycles. The van der Waals surface area contributed by atoms with Gasteiger partial charge in [0.2, 0.25) is 5.91 Å². The summed E-state index contributed by atoms with van der Waals surface area (Å²) in [4.78, 5) is 26.1. The van der Waals surface area contributed by atoms with Crippen molar-refractivity contribution in [3.8, 4) is 17.1 Å². The topological polar surface area (TPSA) is 81.6 Å². The van der Waals surface area contributed by atoms with Gasteiger partial charge in [-0.2, -0.15) is 0 Å². The SMILES string of the molecule is Cc1cc(N2CCN(C(=O)[C@@H]3CCCCN3)CC2)nc(-c2ccccc2O)n1. The second kappa shape index (κ2) is 8.14. The molecule has 1 atom stereocenters. The summed E-state index contributed by atoms with van der Waals surface area (Å²) in [7, 11) is 0. The van der Waals surface area contributed by atoms with Gasteiger partial charge in [-0.05, 0) is 38.4 Å². The maximum Gasteiger partial charge on any atom is 0.239 e. The van der Waals surface area contributed by atoms with Gasteiger partial charge in [0.05, 0.1) is 11.6 Å². The van der Waals surface area contributed by atoms with E-state index in [9.17, 15) is 9.90 Å². The lowest BCUT2D eigenvalue weighted by Gasteiger charge is -2.38. The van der Waals surface area contributed by atoms with Gasteiger partial charge in [-0.1, -0.05) is 18.6 Å². The minimum absolute atomic E-state index is 0.0192. The number of benzene rings is 1. The molecule has 2 aliphatic rings. The first-order chi connectivity index (χ1) is 13.6. The molecule has 7 nitrogen and oxygen atoms in total. The van der Waals surface area contributed by atoms with Crippen LogP contribution in [0, 0.1) is 6.92 Å². The van der Waals surface area contributed by atoms with Crippen molar-refractivity contribution in [2.75, 3.05) is 37.6 Å². The summed E-state index contributed by atoms with van der Waals surface area (Å²) in [6.45, 7) is 5.76. The molecule has 2 N–H and O–H groups in total. The van der Waals surface area contributed by atoms with Crippen LogP contribution in [-0.2, 0) is 4.79 Å². The molecular formula is C21H27N5O2. The predicted octanol–water partition coefficient (Wildman–Crippen LogP) is 1.95. The monoisotopic (exact) mass is 381 g/mol. The minimum Gasteiger partial charge on any atom is -0.507 e. The number of phenols is 1. The lowest BCUT2D eigenvalue weighted by molar-refractivity contribution is -0.134. The Hall–Kier alpha value is -2.67. The van der Waals surface area contributed by atoms with Crippen LogP contribution in [-0.4, -0.2) is 64.6 Å². The quantitative estimate of drug-likeness (QED) is 0.846. The van der Waals surface area contributed by atoms with Crippen LogP contribution in [0.15, 0.2) is 30.3 Å². The molecule has 2 saturated heterocycles. The molecule has 0 radical (unpaired) electrons. The standard InChI is InChI=1S/C21H27N5O2/c1-15-14-19(24-20(23-15)16-6-2-3-8-18(16)27)25-10-12-26(13-11-25)21(28)17-7-4-5-9-22-17/h2-3,6,8,14,17,22,27H,4-5,7,9-13H2,1H3/t17-/m0/s1. The van der Waals surface area contributed by atoms with Gasteiger partial charge in [-0.3, -0.25) is 4.79 Å². The maximum atomic E-state index is 12.7. The number of hydrogen-bond donors (Lipinski definition) is 2. The average molecular weight is 381 g/mol. The third-order valence-corrected chi connectivity index (χ3v) is 5.51. The van der Waals surface area contributed by atoms with E-state index in [0.717, 1.165) is 50.4 Å². The number of nitrogens with one attached hydrogen (secondary N) is 1. The molecular weight excluding hydrogens is 354 g/mol. The lowest BCUT2D eigenvalue weighted by Crippen LogP contribution is -2.55. The molecule has 0 saturated carbocycles. The van der Waals surface area contributed by atoms with E-state index in [0.29, 0.717) is 24.5 Å². The Kier molecular flexibility index (Phi) is 5.43. The Morgan fingerprint density at radius 1 is 1.14 bits per heavy atom. The van der Waals surface area contributed by atoms with Crippen LogP contribution in [0.25, 0.3) is 11.4 Å². The number of anilines is 1. The van der Waals surface area contributed by atoms with E-state index < -0.39 is 0 Å². The number of hydrogen-bond acceptors (Lipinski definition) is 6. The highest BCUT2D eigenvalue weighted by Crippen LogP contribution is 2.28. The van der Waals surface area contributed by atoms with E-state index in [1.807, 2.05) is 30.0 Å². The Labute approximate surface area is 165 Å². The van der Waals surface area contributed by atoms with E-state index in [-0.39, 0.29) is 17.7 Å². The normalized spacial score (nSPS) is 20.2. The number of aromatic hydroxyl groups is 1. The molecule has 7 heteroatoms. The van der Waals surface area contributed by atoms with E-state index in [2.05, 4.69) is 20.2 Å². The van der Waals surface area contributed by atoms with E-state index in [1.165, 1.54) is 0 Å². The smallest absolute Gasteiger partial charge is 0.239 e. The first-order valence-corrected chi connectivity index (χ1v) is 10.0. The highest BCUT2D eigenvalue weighted by atomic mass is 16.3. The van der Waals surface area contributed by atoms with Crippen molar-refractivity contribution in [3.05, 3.63) is 36.0 Å². The average Bonchev–Trinajstić information content (AvgIpc) is 2.74. The van der Waals surface area contributed by atoms with Gasteiger partial charge in [-0.25, -0.2) is 9.97 Å². The van der Waals surface area contributed by atoms with Gasteiger partial charge in [0.1, 0.15) is 11.6 Å². The van der Waals surface area contributed by atoms with Crippen LogP contribution < -0.4 is 10.2 Å². The molecule has 3 heterocycles. The van der Waals surface area contributed by atoms with Crippen LogP contribution in [0.2, 0.25) is 0 Å². The van der Waals surface area contributed by atoms with Crippen LogP contribution in [0.1, 0.15) is 25.0 Å².